The van der Waals surface area contributed by atoms with Crippen molar-refractivity contribution < 1.29 is 19.4 Å². The molecule has 0 aliphatic rings. The van der Waals surface area contributed by atoms with Gasteiger partial charge in [0.05, 0.1) is 18.4 Å². The van der Waals surface area contributed by atoms with E-state index in [0.717, 1.165) is 0 Å². The molecule has 0 fully saturated rings. The summed E-state index contributed by atoms with van der Waals surface area (Å²) in [6.45, 7) is 2.29. The molecule has 0 radical (unpaired) electrons. The van der Waals surface area contributed by atoms with E-state index in [-0.39, 0.29) is 11.5 Å². The second-order valence-electron chi connectivity index (χ2n) is 3.13. The molecule has 0 saturated heterocycles. The average molecular weight is 235 g/mol. The van der Waals surface area contributed by atoms with Crippen LogP contribution >= 0.6 is 0 Å². The van der Waals surface area contributed by atoms with Crippen molar-refractivity contribution in [3.63, 3.8) is 0 Å². The van der Waals surface area contributed by atoms with E-state index in [4.69, 9.17) is 9.84 Å². The van der Waals surface area contributed by atoms with Crippen LogP contribution in [0.3, 0.4) is 0 Å². The maximum Gasteiger partial charge on any atom is 0.335 e. The highest BCUT2D eigenvalue weighted by Crippen LogP contribution is 2.10. The summed E-state index contributed by atoms with van der Waals surface area (Å²) in [6, 6.07) is 6.01. The number of anilines is 1. The minimum atomic E-state index is -1.04. The molecule has 1 amide bonds. The first-order valence-electron chi connectivity index (χ1n) is 5.06. The van der Waals surface area contributed by atoms with Crippen molar-refractivity contribution in [3.05, 3.63) is 42.2 Å². The van der Waals surface area contributed by atoms with Gasteiger partial charge >= 0.3 is 5.97 Å². The van der Waals surface area contributed by atoms with E-state index in [0.29, 0.717) is 12.3 Å². The van der Waals surface area contributed by atoms with Crippen LogP contribution < -0.4 is 5.32 Å². The summed E-state index contributed by atoms with van der Waals surface area (Å²) in [6.07, 6.45) is 2.52. The monoisotopic (exact) mass is 235 g/mol. The van der Waals surface area contributed by atoms with Gasteiger partial charge < -0.3 is 15.2 Å². The normalized spacial score (nSPS) is 10.2. The van der Waals surface area contributed by atoms with Crippen LogP contribution in [0.1, 0.15) is 17.3 Å². The number of hydrogen-bond donors (Lipinski definition) is 2. The quantitative estimate of drug-likeness (QED) is 0.603. The van der Waals surface area contributed by atoms with E-state index in [1.165, 1.54) is 24.5 Å². The fourth-order valence-corrected chi connectivity index (χ4v) is 1.12. The van der Waals surface area contributed by atoms with Crippen molar-refractivity contribution in [2.24, 2.45) is 0 Å². The molecule has 0 saturated carbocycles. The largest absolute Gasteiger partial charge is 0.501 e. The fraction of sp³-hybridized carbons (Fsp3) is 0.167. The Morgan fingerprint density at radius 1 is 1.47 bits per heavy atom. The second kappa shape index (κ2) is 6.32. The third kappa shape index (κ3) is 4.38. The van der Waals surface area contributed by atoms with Crippen LogP contribution in [0.2, 0.25) is 0 Å². The van der Waals surface area contributed by atoms with Gasteiger partial charge in [-0.1, -0.05) is 6.07 Å². The van der Waals surface area contributed by atoms with Crippen molar-refractivity contribution in [3.8, 4) is 0 Å². The van der Waals surface area contributed by atoms with Gasteiger partial charge in [-0.15, -0.1) is 0 Å². The molecule has 1 aromatic carbocycles. The predicted octanol–water partition coefficient (Wildman–Crippen LogP) is 1.87. The van der Waals surface area contributed by atoms with Gasteiger partial charge in [0.2, 0.25) is 0 Å². The number of ether oxygens (including phenoxy) is 1. The Labute approximate surface area is 98.7 Å². The molecule has 0 unspecified atom stereocenters. The number of nitrogens with one attached hydrogen (secondary N) is 1. The zero-order chi connectivity index (χ0) is 12.7. The predicted molar refractivity (Wildman–Crippen MR) is 62.8 cm³/mol. The highest BCUT2D eigenvalue weighted by Gasteiger charge is 2.04. The van der Waals surface area contributed by atoms with Crippen LogP contribution in [0.5, 0.6) is 0 Å². The number of amides is 1. The molecule has 1 aromatic rings. The highest BCUT2D eigenvalue weighted by atomic mass is 16.5. The molecule has 0 spiro atoms. The Hall–Kier alpha value is -2.30. The molecule has 2 N–H and O–H groups in total. The van der Waals surface area contributed by atoms with E-state index in [2.05, 4.69) is 5.32 Å². The Bertz CT molecular complexity index is 440. The van der Waals surface area contributed by atoms with Crippen LogP contribution in [-0.4, -0.2) is 23.6 Å². The summed E-state index contributed by atoms with van der Waals surface area (Å²) in [5.74, 6) is -1.41. The summed E-state index contributed by atoms with van der Waals surface area (Å²) in [5.41, 5.74) is 0.549. The zero-order valence-corrected chi connectivity index (χ0v) is 9.34. The average Bonchev–Trinajstić information content (AvgIpc) is 2.29. The zero-order valence-electron chi connectivity index (χ0n) is 9.34. The van der Waals surface area contributed by atoms with Crippen LogP contribution in [0.25, 0.3) is 0 Å². The number of hydrogen-bond acceptors (Lipinski definition) is 3. The summed E-state index contributed by atoms with van der Waals surface area (Å²) >= 11 is 0. The van der Waals surface area contributed by atoms with Gasteiger partial charge in [-0.2, -0.15) is 0 Å². The first kappa shape index (κ1) is 12.8. The third-order valence-corrected chi connectivity index (χ3v) is 1.86. The van der Waals surface area contributed by atoms with Crippen LogP contribution in [0, 0.1) is 0 Å². The second-order valence-corrected chi connectivity index (χ2v) is 3.13. The number of carbonyl (C=O) groups excluding carboxylic acids is 1. The number of aromatic carboxylic acids is 1. The maximum absolute atomic E-state index is 11.3. The molecule has 0 aromatic heterocycles. The summed E-state index contributed by atoms with van der Waals surface area (Å²) < 4.78 is 4.87. The topological polar surface area (TPSA) is 75.6 Å². The number of rotatable bonds is 5. The molecule has 0 bridgehead atoms. The Morgan fingerprint density at radius 2 is 2.24 bits per heavy atom. The van der Waals surface area contributed by atoms with Gasteiger partial charge in [-0.3, -0.25) is 4.79 Å². The lowest BCUT2D eigenvalue weighted by Gasteiger charge is -2.03. The molecule has 0 aliphatic carbocycles. The number of carboxylic acid groups (broad SMARTS) is 1. The smallest absolute Gasteiger partial charge is 0.335 e. The Kier molecular flexibility index (Phi) is 4.75. The SMILES string of the molecule is CCOC=CC(=O)Nc1cccc(C(=O)O)c1. The molecular weight excluding hydrogens is 222 g/mol. The van der Waals surface area contributed by atoms with Crippen molar-refractivity contribution in [1.82, 2.24) is 0 Å². The molecular formula is C12H13NO4. The number of carbonyl (C=O) groups is 2. The van der Waals surface area contributed by atoms with E-state index >= 15 is 0 Å². The summed E-state index contributed by atoms with van der Waals surface area (Å²) in [4.78, 5) is 22.0. The van der Waals surface area contributed by atoms with E-state index in [1.54, 1.807) is 19.1 Å². The first-order chi connectivity index (χ1) is 8.13. The maximum atomic E-state index is 11.3. The molecule has 17 heavy (non-hydrogen) atoms. The van der Waals surface area contributed by atoms with E-state index in [1.807, 2.05) is 0 Å². The number of benzene rings is 1. The van der Waals surface area contributed by atoms with Gasteiger partial charge in [0.15, 0.2) is 0 Å². The van der Waals surface area contributed by atoms with Crippen molar-refractivity contribution in [2.45, 2.75) is 6.92 Å². The minimum Gasteiger partial charge on any atom is -0.501 e. The summed E-state index contributed by atoms with van der Waals surface area (Å²) in [7, 11) is 0. The molecule has 0 atom stereocenters. The Morgan fingerprint density at radius 3 is 2.88 bits per heavy atom. The van der Waals surface area contributed by atoms with Crippen LogP contribution in [0.15, 0.2) is 36.6 Å². The first-order valence-corrected chi connectivity index (χ1v) is 5.06. The molecule has 5 nitrogen and oxygen atoms in total. The van der Waals surface area contributed by atoms with Crippen molar-refractivity contribution in [1.29, 1.82) is 0 Å². The molecule has 90 valence electrons. The van der Waals surface area contributed by atoms with Crippen molar-refractivity contribution in [2.75, 3.05) is 11.9 Å². The Balaban J connectivity index is 2.65. The third-order valence-electron chi connectivity index (χ3n) is 1.86. The molecule has 0 aliphatic heterocycles. The molecule has 1 rings (SSSR count). The number of carboxylic acids is 1. The van der Waals surface area contributed by atoms with E-state index in [9.17, 15) is 9.59 Å². The van der Waals surface area contributed by atoms with Gasteiger partial charge in [0, 0.05) is 11.8 Å². The lowest BCUT2D eigenvalue weighted by Crippen LogP contribution is -2.08. The lowest BCUT2D eigenvalue weighted by molar-refractivity contribution is -0.112. The molecule has 5 heteroatoms. The van der Waals surface area contributed by atoms with Gasteiger partial charge in [-0.25, -0.2) is 4.79 Å². The highest BCUT2D eigenvalue weighted by molar-refractivity contribution is 6.00. The van der Waals surface area contributed by atoms with Crippen LogP contribution in [-0.2, 0) is 9.53 Å². The van der Waals surface area contributed by atoms with Gasteiger partial charge in [-0.05, 0) is 25.1 Å². The van der Waals surface area contributed by atoms with E-state index < -0.39 is 5.97 Å². The lowest BCUT2D eigenvalue weighted by atomic mass is 10.2. The van der Waals surface area contributed by atoms with Gasteiger partial charge in [0.1, 0.15) is 0 Å². The van der Waals surface area contributed by atoms with Crippen molar-refractivity contribution >= 4 is 17.6 Å². The van der Waals surface area contributed by atoms with Crippen LogP contribution in [0.4, 0.5) is 5.69 Å². The standard InChI is InChI=1S/C12H13NO4/c1-2-17-7-6-11(14)13-10-5-3-4-9(8-10)12(15)16/h3-8H,2H2,1H3,(H,13,14)(H,15,16). The summed E-state index contributed by atoms with van der Waals surface area (Å²) in [5, 5.41) is 11.3. The minimum absolute atomic E-state index is 0.122. The molecule has 0 heterocycles. The van der Waals surface area contributed by atoms with Gasteiger partial charge in [0.25, 0.3) is 5.91 Å². The fourth-order valence-electron chi connectivity index (χ4n) is 1.12.